The Morgan fingerprint density at radius 2 is 1.85 bits per heavy atom. The van der Waals surface area contributed by atoms with Gasteiger partial charge in [0.1, 0.15) is 5.82 Å². The summed E-state index contributed by atoms with van der Waals surface area (Å²) in [6.45, 7) is 3.42. The summed E-state index contributed by atoms with van der Waals surface area (Å²) in [5, 5.41) is 0. The second kappa shape index (κ2) is 12.2. The first-order valence-corrected chi connectivity index (χ1v) is 11.2. The van der Waals surface area contributed by atoms with E-state index >= 15 is 0 Å². The van der Waals surface area contributed by atoms with Gasteiger partial charge < -0.3 is 15.4 Å². The summed E-state index contributed by atoms with van der Waals surface area (Å²) in [7, 11) is 0. The number of H-pyrrole nitrogens is 1. The summed E-state index contributed by atoms with van der Waals surface area (Å²) < 4.78 is 31.1. The summed E-state index contributed by atoms with van der Waals surface area (Å²) >= 11 is 0.340. The van der Waals surface area contributed by atoms with Crippen molar-refractivity contribution in [3.8, 4) is 0 Å². The van der Waals surface area contributed by atoms with E-state index in [1.807, 2.05) is 13.8 Å². The van der Waals surface area contributed by atoms with Gasteiger partial charge in [0.05, 0.1) is 5.56 Å². The highest BCUT2D eigenvalue weighted by atomic mass is 32.2. The Bertz CT molecular complexity index is 1090. The predicted molar refractivity (Wildman–Crippen MR) is 122 cm³/mol. The Morgan fingerprint density at radius 1 is 1.18 bits per heavy atom. The maximum Gasteiger partial charge on any atom is 0.338 e. The van der Waals surface area contributed by atoms with Crippen LogP contribution in [-0.2, 0) is 16.1 Å². The van der Waals surface area contributed by atoms with Crippen molar-refractivity contribution < 1.29 is 23.1 Å². The lowest BCUT2D eigenvalue weighted by Crippen LogP contribution is -2.43. The number of benzene rings is 1. The fourth-order valence-electron chi connectivity index (χ4n) is 3.02. The van der Waals surface area contributed by atoms with Crippen LogP contribution in [-0.4, -0.2) is 40.3 Å². The molecule has 33 heavy (non-hydrogen) atoms. The van der Waals surface area contributed by atoms with Crippen molar-refractivity contribution in [2.45, 2.75) is 50.3 Å². The highest BCUT2D eigenvalue weighted by Crippen LogP contribution is 2.25. The number of esters is 1. The summed E-state index contributed by atoms with van der Waals surface area (Å²) in [5.41, 5.74) is 4.48. The number of amides is 1. The molecule has 0 fully saturated rings. The van der Waals surface area contributed by atoms with E-state index in [2.05, 4.69) is 4.98 Å². The molecule has 9 nitrogen and oxygen atoms in total. The van der Waals surface area contributed by atoms with Gasteiger partial charge in [0.25, 0.3) is 17.2 Å². The fourth-order valence-corrected chi connectivity index (χ4v) is 3.52. The fraction of sp³-hybridized carbons (Fsp3) is 0.429. The zero-order valence-corrected chi connectivity index (χ0v) is 19.1. The van der Waals surface area contributed by atoms with Crippen LogP contribution in [0.3, 0.4) is 0 Å². The number of nitrogens with two attached hydrogens (primary N) is 1. The minimum absolute atomic E-state index is 0.0791. The van der Waals surface area contributed by atoms with Gasteiger partial charge in [-0.05, 0) is 37.1 Å². The molecule has 0 unspecified atom stereocenters. The Labute approximate surface area is 192 Å². The van der Waals surface area contributed by atoms with E-state index in [-0.39, 0.29) is 35.1 Å². The number of carbonyl (C=O) groups excluding carboxylic acids is 2. The number of anilines is 2. The molecule has 0 radical (unpaired) electrons. The van der Waals surface area contributed by atoms with Gasteiger partial charge in [-0.1, -0.05) is 32.0 Å². The predicted octanol–water partition coefficient (Wildman–Crippen LogP) is 2.83. The first-order chi connectivity index (χ1) is 15.7. The summed E-state index contributed by atoms with van der Waals surface area (Å²) in [6, 6.07) is 5.32. The Kier molecular flexibility index (Phi) is 9.64. The Morgan fingerprint density at radius 3 is 2.42 bits per heavy atom. The molecule has 3 N–H and O–H groups in total. The largest absolute Gasteiger partial charge is 0.452 e. The number of alkyl halides is 2. The minimum Gasteiger partial charge on any atom is -0.452 e. The number of nitrogens with one attached hydrogen (secondary N) is 1. The van der Waals surface area contributed by atoms with Crippen LogP contribution in [0.1, 0.15) is 43.5 Å². The van der Waals surface area contributed by atoms with Gasteiger partial charge in [-0.25, -0.2) is 9.59 Å². The third-order valence-electron chi connectivity index (χ3n) is 4.61. The van der Waals surface area contributed by atoms with Gasteiger partial charge in [-0.3, -0.25) is 19.1 Å². The molecular formula is C21H26F2N4O5S. The first kappa shape index (κ1) is 26.1. The van der Waals surface area contributed by atoms with Crippen molar-refractivity contribution in [1.29, 1.82) is 0 Å². The van der Waals surface area contributed by atoms with Crippen molar-refractivity contribution in [3.63, 3.8) is 0 Å². The van der Waals surface area contributed by atoms with Crippen LogP contribution >= 0.6 is 11.8 Å². The Hall–Kier alpha value is -3.15. The average Bonchev–Trinajstić information content (AvgIpc) is 2.77. The van der Waals surface area contributed by atoms with Gasteiger partial charge in [-0.15, -0.1) is 0 Å². The van der Waals surface area contributed by atoms with Gasteiger partial charge >= 0.3 is 11.7 Å². The van der Waals surface area contributed by atoms with Gasteiger partial charge in [0.2, 0.25) is 0 Å². The number of thioether (sulfide) groups is 1. The summed E-state index contributed by atoms with van der Waals surface area (Å²) in [5.74, 6) is -4.25. The van der Waals surface area contributed by atoms with Gasteiger partial charge in [-0.2, -0.15) is 8.78 Å². The van der Waals surface area contributed by atoms with Crippen LogP contribution in [0.5, 0.6) is 0 Å². The van der Waals surface area contributed by atoms with E-state index in [1.165, 1.54) is 28.8 Å². The zero-order chi connectivity index (χ0) is 24.5. The van der Waals surface area contributed by atoms with Crippen molar-refractivity contribution >= 4 is 35.1 Å². The topological polar surface area (TPSA) is 127 Å². The number of rotatable bonds is 11. The summed E-state index contributed by atoms with van der Waals surface area (Å²) in [4.78, 5) is 53.3. The Balaban J connectivity index is 2.22. The quantitative estimate of drug-likeness (QED) is 0.371. The monoisotopic (exact) mass is 484 g/mol. The second-order valence-electron chi connectivity index (χ2n) is 7.02. The third-order valence-corrected chi connectivity index (χ3v) is 5.33. The van der Waals surface area contributed by atoms with E-state index < -0.39 is 35.5 Å². The van der Waals surface area contributed by atoms with Gasteiger partial charge in [0, 0.05) is 18.0 Å². The summed E-state index contributed by atoms with van der Waals surface area (Å²) in [6.07, 6.45) is 1.82. The highest BCUT2D eigenvalue weighted by molar-refractivity contribution is 7.99. The normalized spacial score (nSPS) is 10.9. The number of hydrogen-bond donors (Lipinski definition) is 2. The lowest BCUT2D eigenvalue weighted by Gasteiger charge is -2.24. The van der Waals surface area contributed by atoms with E-state index in [1.54, 1.807) is 0 Å². The van der Waals surface area contributed by atoms with Gasteiger partial charge in [0.15, 0.2) is 12.3 Å². The van der Waals surface area contributed by atoms with Crippen molar-refractivity contribution in [3.05, 3.63) is 50.7 Å². The SMILES string of the molecule is CCCCN(C(=O)COC(=O)c1ccc(SC(F)F)cc1)c1c(N)n(CCC)c(=O)[nH]c1=O. The molecule has 0 aliphatic carbocycles. The molecule has 1 aromatic heterocycles. The number of unbranched alkanes of at least 4 members (excludes halogenated alkanes) is 1. The van der Waals surface area contributed by atoms with E-state index in [4.69, 9.17) is 10.5 Å². The van der Waals surface area contributed by atoms with Crippen LogP contribution in [0.4, 0.5) is 20.3 Å². The number of hydrogen-bond acceptors (Lipinski definition) is 7. The number of carbonyl (C=O) groups is 2. The molecule has 2 rings (SSSR count). The molecule has 180 valence electrons. The molecule has 1 aromatic carbocycles. The standard InChI is InChI=1S/C21H26F2N4O5S/c1-3-5-11-26(16-17(24)27(10-4-2)21(31)25-18(16)29)15(28)12-32-19(30)13-6-8-14(9-7-13)33-20(22)23/h6-9,20H,3-5,10-12,24H2,1-2H3,(H,25,29,31). The molecule has 0 saturated carbocycles. The first-order valence-electron chi connectivity index (χ1n) is 10.3. The lowest BCUT2D eigenvalue weighted by molar-refractivity contribution is -0.121. The number of aromatic nitrogens is 2. The second-order valence-corrected chi connectivity index (χ2v) is 8.09. The highest BCUT2D eigenvalue weighted by Gasteiger charge is 2.25. The molecule has 0 saturated heterocycles. The molecule has 1 amide bonds. The molecule has 1 heterocycles. The van der Waals surface area contributed by atoms with E-state index in [0.29, 0.717) is 31.0 Å². The van der Waals surface area contributed by atoms with Crippen LogP contribution in [0.15, 0.2) is 38.8 Å². The molecule has 0 atom stereocenters. The maximum atomic E-state index is 12.9. The minimum atomic E-state index is -2.59. The molecule has 0 spiro atoms. The maximum absolute atomic E-state index is 12.9. The number of nitrogens with zero attached hydrogens (tertiary/aromatic N) is 2. The number of aromatic amines is 1. The van der Waals surface area contributed by atoms with Crippen LogP contribution < -0.4 is 21.9 Å². The van der Waals surface area contributed by atoms with Crippen LogP contribution in [0, 0.1) is 0 Å². The van der Waals surface area contributed by atoms with E-state index in [9.17, 15) is 28.0 Å². The van der Waals surface area contributed by atoms with Crippen molar-refractivity contribution in [2.24, 2.45) is 0 Å². The van der Waals surface area contributed by atoms with E-state index in [0.717, 1.165) is 4.90 Å². The third kappa shape index (κ3) is 6.91. The van der Waals surface area contributed by atoms with Crippen molar-refractivity contribution in [2.75, 3.05) is 23.8 Å². The van der Waals surface area contributed by atoms with Crippen molar-refractivity contribution in [1.82, 2.24) is 9.55 Å². The number of nitrogen functional groups attached to an aromatic ring is 1. The molecular weight excluding hydrogens is 458 g/mol. The average molecular weight is 485 g/mol. The zero-order valence-electron chi connectivity index (χ0n) is 18.3. The molecule has 12 heteroatoms. The van der Waals surface area contributed by atoms with Crippen LogP contribution in [0.2, 0.25) is 0 Å². The lowest BCUT2D eigenvalue weighted by atomic mass is 10.2. The number of halogens is 2. The molecule has 2 aromatic rings. The number of ether oxygens (including phenoxy) is 1. The molecule has 0 bridgehead atoms. The van der Waals surface area contributed by atoms with Crippen LogP contribution in [0.25, 0.3) is 0 Å². The molecule has 0 aliphatic rings. The smallest absolute Gasteiger partial charge is 0.338 e. The molecule has 0 aliphatic heterocycles.